The van der Waals surface area contributed by atoms with Gasteiger partial charge in [0.15, 0.2) is 0 Å². The van der Waals surface area contributed by atoms with Crippen molar-refractivity contribution in [2.24, 2.45) is 5.92 Å². The molecule has 0 amide bonds. The molecule has 1 atom stereocenters. The maximum atomic E-state index is 12.7. The SMILES string of the molecule is CCOC(=O)C1=C(C)NC(C)=C(C(=O)OCC)C1C1(C)C=CC=CN1O. The summed E-state index contributed by atoms with van der Waals surface area (Å²) in [6.45, 7) is 9.09. The molecule has 2 N–H and O–H groups in total. The molecule has 2 rings (SSSR count). The number of hydrogen-bond donors (Lipinski definition) is 2. The van der Waals surface area contributed by atoms with Gasteiger partial charge < -0.3 is 14.8 Å². The smallest absolute Gasteiger partial charge is 0.336 e. The molecule has 1 unspecified atom stereocenters. The van der Waals surface area contributed by atoms with Crippen LogP contribution in [0.4, 0.5) is 0 Å². The van der Waals surface area contributed by atoms with E-state index in [0.717, 1.165) is 5.06 Å². The van der Waals surface area contributed by atoms with Gasteiger partial charge in [-0.05, 0) is 40.7 Å². The maximum Gasteiger partial charge on any atom is 0.336 e. The Morgan fingerprint density at radius 1 is 1.12 bits per heavy atom. The Balaban J connectivity index is 2.66. The van der Waals surface area contributed by atoms with Crippen LogP contribution in [0.3, 0.4) is 0 Å². The average Bonchev–Trinajstić information content (AvgIpc) is 2.57. The molecule has 0 aliphatic carbocycles. The Morgan fingerprint density at radius 2 is 1.62 bits per heavy atom. The van der Waals surface area contributed by atoms with E-state index in [9.17, 15) is 14.8 Å². The van der Waals surface area contributed by atoms with Gasteiger partial charge in [0.2, 0.25) is 0 Å². The lowest BCUT2D eigenvalue weighted by Crippen LogP contribution is -2.52. The third-order valence-corrected chi connectivity index (χ3v) is 4.60. The molecule has 2 aliphatic heterocycles. The van der Waals surface area contributed by atoms with E-state index in [1.807, 2.05) is 0 Å². The molecule has 2 heterocycles. The summed E-state index contributed by atoms with van der Waals surface area (Å²) in [7, 11) is 0. The van der Waals surface area contributed by atoms with Gasteiger partial charge in [0.05, 0.1) is 35.8 Å². The largest absolute Gasteiger partial charge is 0.463 e. The second-order valence-electron chi connectivity index (χ2n) is 6.35. The van der Waals surface area contributed by atoms with E-state index in [0.29, 0.717) is 22.5 Å². The first-order valence-electron chi connectivity index (χ1n) is 8.64. The molecule has 0 aromatic carbocycles. The van der Waals surface area contributed by atoms with Crippen molar-refractivity contribution in [2.75, 3.05) is 13.2 Å². The monoisotopic (exact) mass is 362 g/mol. The Hall–Kier alpha value is -2.54. The molecule has 0 bridgehead atoms. The van der Waals surface area contributed by atoms with Gasteiger partial charge in [-0.15, -0.1) is 0 Å². The van der Waals surface area contributed by atoms with E-state index in [1.54, 1.807) is 52.8 Å². The summed E-state index contributed by atoms with van der Waals surface area (Å²) in [5.41, 5.74) is 0.681. The van der Waals surface area contributed by atoms with Gasteiger partial charge in [0, 0.05) is 17.6 Å². The molecule has 26 heavy (non-hydrogen) atoms. The highest BCUT2D eigenvalue weighted by Crippen LogP contribution is 2.43. The van der Waals surface area contributed by atoms with E-state index in [-0.39, 0.29) is 13.2 Å². The fraction of sp³-hybridized carbons (Fsp3) is 0.474. The predicted molar refractivity (Wildman–Crippen MR) is 95.6 cm³/mol. The summed E-state index contributed by atoms with van der Waals surface area (Å²) in [6.07, 6.45) is 6.68. The Kier molecular flexibility index (Phi) is 5.92. The number of allylic oxidation sites excluding steroid dienone is 4. The van der Waals surface area contributed by atoms with Crippen molar-refractivity contribution in [1.29, 1.82) is 0 Å². The van der Waals surface area contributed by atoms with Gasteiger partial charge in [-0.1, -0.05) is 12.2 Å². The van der Waals surface area contributed by atoms with Gasteiger partial charge in [-0.25, -0.2) is 9.59 Å². The van der Waals surface area contributed by atoms with Gasteiger partial charge >= 0.3 is 11.9 Å². The van der Waals surface area contributed by atoms with Crippen molar-refractivity contribution in [3.8, 4) is 0 Å². The molecule has 0 aromatic heterocycles. The van der Waals surface area contributed by atoms with Crippen LogP contribution in [0.2, 0.25) is 0 Å². The van der Waals surface area contributed by atoms with Crippen LogP contribution in [0.25, 0.3) is 0 Å². The molecule has 0 aromatic rings. The maximum absolute atomic E-state index is 12.7. The fourth-order valence-corrected chi connectivity index (χ4v) is 3.38. The van der Waals surface area contributed by atoms with Crippen LogP contribution in [-0.2, 0) is 19.1 Å². The zero-order chi connectivity index (χ0) is 19.5. The van der Waals surface area contributed by atoms with Crippen molar-refractivity contribution in [3.05, 3.63) is 47.0 Å². The van der Waals surface area contributed by atoms with E-state index in [4.69, 9.17) is 9.47 Å². The summed E-state index contributed by atoms with van der Waals surface area (Å²) in [5, 5.41) is 14.6. The van der Waals surface area contributed by atoms with Crippen LogP contribution in [0.1, 0.15) is 34.6 Å². The van der Waals surface area contributed by atoms with E-state index in [1.165, 1.54) is 6.20 Å². The molecule has 0 saturated carbocycles. The van der Waals surface area contributed by atoms with E-state index >= 15 is 0 Å². The molecule has 0 fully saturated rings. The summed E-state index contributed by atoms with van der Waals surface area (Å²) in [4.78, 5) is 25.4. The van der Waals surface area contributed by atoms with Crippen LogP contribution in [0.5, 0.6) is 0 Å². The highest BCUT2D eigenvalue weighted by Gasteiger charge is 2.49. The zero-order valence-corrected chi connectivity index (χ0v) is 15.8. The topological polar surface area (TPSA) is 88.1 Å². The fourth-order valence-electron chi connectivity index (χ4n) is 3.38. The highest BCUT2D eigenvalue weighted by atomic mass is 16.5. The molecule has 0 radical (unpaired) electrons. The third-order valence-electron chi connectivity index (χ3n) is 4.60. The van der Waals surface area contributed by atoms with Crippen LogP contribution >= 0.6 is 0 Å². The standard InChI is InChI=1S/C19H26N2O5/c1-6-25-17(22)14-12(3)20-13(4)15(18(23)26-7-2)16(14)19(5)10-8-9-11-21(19)24/h8-11,16,20,24H,6-7H2,1-5H3. The molecule has 7 nitrogen and oxygen atoms in total. The molecule has 0 spiro atoms. The second kappa shape index (κ2) is 7.78. The second-order valence-corrected chi connectivity index (χ2v) is 6.35. The lowest BCUT2D eigenvalue weighted by atomic mass is 9.71. The molecule has 0 saturated heterocycles. The first kappa shape index (κ1) is 19.8. The molecule has 142 valence electrons. The van der Waals surface area contributed by atoms with Crippen molar-refractivity contribution in [2.45, 2.75) is 40.2 Å². The minimum atomic E-state index is -1.07. The number of carbonyl (C=O) groups excluding carboxylic acids is 2. The molecule has 7 heteroatoms. The summed E-state index contributed by atoms with van der Waals surface area (Å²) in [5.74, 6) is -1.84. The van der Waals surface area contributed by atoms with Gasteiger partial charge in [-0.3, -0.25) is 10.3 Å². The Morgan fingerprint density at radius 3 is 2.04 bits per heavy atom. The quantitative estimate of drug-likeness (QED) is 0.726. The minimum absolute atomic E-state index is 0.203. The number of rotatable bonds is 5. The molecular formula is C19H26N2O5. The third kappa shape index (κ3) is 3.39. The van der Waals surface area contributed by atoms with Crippen molar-refractivity contribution in [1.82, 2.24) is 10.4 Å². The lowest BCUT2D eigenvalue weighted by molar-refractivity contribution is -0.146. The number of nitrogens with zero attached hydrogens (tertiary/aromatic N) is 1. The van der Waals surface area contributed by atoms with Gasteiger partial charge in [-0.2, -0.15) is 0 Å². The van der Waals surface area contributed by atoms with Crippen LogP contribution in [0, 0.1) is 5.92 Å². The Bertz CT molecular complexity index is 679. The first-order valence-corrected chi connectivity index (χ1v) is 8.64. The van der Waals surface area contributed by atoms with Crippen molar-refractivity contribution >= 4 is 11.9 Å². The summed E-state index contributed by atoms with van der Waals surface area (Å²) >= 11 is 0. The number of carbonyl (C=O) groups is 2. The number of hydrogen-bond acceptors (Lipinski definition) is 7. The van der Waals surface area contributed by atoms with Crippen molar-refractivity contribution < 1.29 is 24.3 Å². The number of hydroxylamine groups is 2. The number of dihydropyridines is 1. The number of ether oxygens (including phenoxy) is 2. The minimum Gasteiger partial charge on any atom is -0.463 e. The van der Waals surface area contributed by atoms with Crippen molar-refractivity contribution in [3.63, 3.8) is 0 Å². The van der Waals surface area contributed by atoms with Gasteiger partial charge in [0.25, 0.3) is 0 Å². The van der Waals surface area contributed by atoms with Crippen LogP contribution in [-0.4, -0.2) is 41.0 Å². The summed E-state index contributed by atoms with van der Waals surface area (Å²) < 4.78 is 10.4. The zero-order valence-electron chi connectivity index (χ0n) is 15.8. The summed E-state index contributed by atoms with van der Waals surface area (Å²) in [6, 6.07) is 0. The average molecular weight is 362 g/mol. The molecular weight excluding hydrogens is 336 g/mol. The number of nitrogens with one attached hydrogen (secondary N) is 1. The number of esters is 2. The van der Waals surface area contributed by atoms with Gasteiger partial charge in [0.1, 0.15) is 0 Å². The van der Waals surface area contributed by atoms with Crippen LogP contribution < -0.4 is 5.32 Å². The predicted octanol–water partition coefficient (Wildman–Crippen LogP) is 2.41. The Labute approximate surface area is 153 Å². The first-order chi connectivity index (χ1) is 12.3. The van der Waals surface area contributed by atoms with Crippen LogP contribution in [0.15, 0.2) is 47.0 Å². The van der Waals surface area contributed by atoms with E-state index < -0.39 is 23.4 Å². The van der Waals surface area contributed by atoms with E-state index in [2.05, 4.69) is 5.32 Å². The normalized spacial score (nSPS) is 23.2. The highest BCUT2D eigenvalue weighted by molar-refractivity contribution is 5.98. The lowest BCUT2D eigenvalue weighted by Gasteiger charge is -2.44. The molecule has 2 aliphatic rings.